The van der Waals surface area contributed by atoms with E-state index in [1.54, 1.807) is 42.7 Å². The molecule has 3 aromatic heterocycles. The van der Waals surface area contributed by atoms with Crippen LogP contribution in [0.1, 0.15) is 59.2 Å². The fourth-order valence-electron chi connectivity index (χ4n) is 5.26. The van der Waals surface area contributed by atoms with E-state index in [2.05, 4.69) is 25.7 Å². The Kier molecular flexibility index (Phi) is 6.75. The van der Waals surface area contributed by atoms with Gasteiger partial charge in [-0.05, 0) is 56.0 Å². The van der Waals surface area contributed by atoms with Crippen LogP contribution >= 0.6 is 0 Å². The molecule has 0 saturated heterocycles. The molecule has 6 rings (SSSR count). The first kappa shape index (κ1) is 24.7. The summed E-state index contributed by atoms with van der Waals surface area (Å²) in [5.41, 5.74) is 4.16. The Bertz CT molecular complexity index is 1520. The van der Waals surface area contributed by atoms with Crippen LogP contribution in [0, 0.1) is 0 Å². The van der Waals surface area contributed by atoms with Crippen LogP contribution in [0.5, 0.6) is 0 Å². The molecule has 0 bridgehead atoms. The summed E-state index contributed by atoms with van der Waals surface area (Å²) in [6.45, 7) is 1.04. The van der Waals surface area contributed by atoms with Gasteiger partial charge in [-0.25, -0.2) is 9.78 Å². The number of nitrogens with one attached hydrogen (secondary N) is 2. The second-order valence-electron chi connectivity index (χ2n) is 10.0. The van der Waals surface area contributed by atoms with Crippen LogP contribution in [0.25, 0.3) is 22.2 Å². The van der Waals surface area contributed by atoms with Crippen LogP contribution in [-0.4, -0.2) is 55.1 Å². The largest absolute Gasteiger partial charge is 0.335 e. The molecule has 4 aromatic rings. The van der Waals surface area contributed by atoms with Crippen molar-refractivity contribution in [1.82, 2.24) is 30.0 Å². The fourth-order valence-corrected chi connectivity index (χ4v) is 5.26. The number of aromatic nitrogens is 4. The molecule has 2 aliphatic rings. The van der Waals surface area contributed by atoms with E-state index in [0.717, 1.165) is 48.7 Å². The maximum atomic E-state index is 12.5. The summed E-state index contributed by atoms with van der Waals surface area (Å²) in [4.78, 5) is 47.8. The third-order valence-electron chi connectivity index (χ3n) is 7.33. The molecule has 0 spiro atoms. The number of aryl methyl sites for hydroxylation is 1. The molecule has 1 aliphatic heterocycles. The van der Waals surface area contributed by atoms with Crippen molar-refractivity contribution in [2.24, 2.45) is 0 Å². The number of rotatable bonds is 8. The maximum Gasteiger partial charge on any atom is 0.320 e. The van der Waals surface area contributed by atoms with Crippen molar-refractivity contribution in [1.29, 1.82) is 0 Å². The number of pyridine rings is 2. The van der Waals surface area contributed by atoms with Crippen molar-refractivity contribution in [3.8, 4) is 11.1 Å². The number of anilines is 1. The van der Waals surface area contributed by atoms with Crippen LogP contribution in [0.2, 0.25) is 0 Å². The molecule has 4 amide bonds. The predicted molar refractivity (Wildman–Crippen MR) is 146 cm³/mol. The van der Waals surface area contributed by atoms with Crippen molar-refractivity contribution in [3.05, 3.63) is 72.2 Å². The zero-order valence-electron chi connectivity index (χ0n) is 21.5. The Morgan fingerprint density at radius 2 is 1.64 bits per heavy atom. The third kappa shape index (κ3) is 5.22. The predicted octanol–water partition coefficient (Wildman–Crippen LogP) is 4.63. The maximum absolute atomic E-state index is 12.5. The number of hydrogen-bond donors (Lipinski definition) is 2. The topological polar surface area (TPSA) is 122 Å². The van der Waals surface area contributed by atoms with Gasteiger partial charge < -0.3 is 5.32 Å². The van der Waals surface area contributed by atoms with Gasteiger partial charge in [-0.2, -0.15) is 5.10 Å². The number of carbonyl (C=O) groups excluding carboxylic acids is 3. The van der Waals surface area contributed by atoms with Crippen molar-refractivity contribution in [3.63, 3.8) is 0 Å². The Balaban J connectivity index is 1.05. The number of urea groups is 1. The van der Waals surface area contributed by atoms with Gasteiger partial charge in [-0.1, -0.05) is 25.0 Å². The molecule has 0 atom stereocenters. The Hall–Kier alpha value is -4.60. The van der Waals surface area contributed by atoms with E-state index in [0.29, 0.717) is 42.0 Å². The number of hydrogen-bond acceptors (Lipinski definition) is 6. The summed E-state index contributed by atoms with van der Waals surface area (Å²) in [6, 6.07) is 12.5. The lowest BCUT2D eigenvalue weighted by molar-refractivity contribution is 0.0651. The second-order valence-corrected chi connectivity index (χ2v) is 10.0. The van der Waals surface area contributed by atoms with E-state index in [4.69, 9.17) is 0 Å². The monoisotopic (exact) mass is 523 g/mol. The average Bonchev–Trinajstić information content (AvgIpc) is 3.68. The smallest absolute Gasteiger partial charge is 0.320 e. The number of imide groups is 1. The Labute approximate surface area is 225 Å². The molecule has 1 aliphatic carbocycles. The molecule has 0 radical (unpaired) electrons. The molecule has 198 valence electrons. The second kappa shape index (κ2) is 10.6. The zero-order chi connectivity index (χ0) is 26.8. The van der Waals surface area contributed by atoms with E-state index in [9.17, 15) is 14.4 Å². The van der Waals surface area contributed by atoms with Crippen LogP contribution in [0.15, 0.2) is 61.1 Å². The number of fused-ring (bicyclic) bond motifs is 2. The fraction of sp³-hybridized carbons (Fsp3) is 0.310. The van der Waals surface area contributed by atoms with Crippen LogP contribution in [-0.2, 0) is 6.54 Å². The van der Waals surface area contributed by atoms with Crippen LogP contribution in [0.3, 0.4) is 0 Å². The van der Waals surface area contributed by atoms with Gasteiger partial charge in [0.25, 0.3) is 11.8 Å². The van der Waals surface area contributed by atoms with Crippen molar-refractivity contribution in [2.75, 3.05) is 11.9 Å². The van der Waals surface area contributed by atoms with E-state index in [1.165, 1.54) is 4.90 Å². The standard InChI is InChI=1S/C29H29N7O3/c37-27-22-9-3-4-10-23(22)28(38)36(27)14-6-5-13-35-18-20(17-31-35)19-15-25-24(30-16-19)11-12-26(33-25)34-29(39)32-21-7-1-2-8-21/h3-4,9-12,15-18,21H,1-2,5-8,13-14H2,(H2,32,33,34,39). The van der Waals surface area contributed by atoms with Crippen molar-refractivity contribution >= 4 is 34.7 Å². The summed E-state index contributed by atoms with van der Waals surface area (Å²) in [5, 5.41) is 10.3. The highest BCUT2D eigenvalue weighted by atomic mass is 16.2. The van der Waals surface area contributed by atoms with Crippen molar-refractivity contribution < 1.29 is 14.4 Å². The molecule has 10 heteroatoms. The van der Waals surface area contributed by atoms with E-state index in [1.807, 2.05) is 23.0 Å². The minimum absolute atomic E-state index is 0.220. The number of carbonyl (C=O) groups is 3. The van der Waals surface area contributed by atoms with Crippen LogP contribution < -0.4 is 10.6 Å². The summed E-state index contributed by atoms with van der Waals surface area (Å²) < 4.78 is 1.85. The molecule has 2 N–H and O–H groups in total. The minimum atomic E-state index is -0.234. The molecule has 4 heterocycles. The molecular weight excluding hydrogens is 494 g/mol. The highest BCUT2D eigenvalue weighted by Crippen LogP contribution is 2.24. The van der Waals surface area contributed by atoms with Gasteiger partial charge in [-0.3, -0.25) is 29.5 Å². The van der Waals surface area contributed by atoms with Gasteiger partial charge >= 0.3 is 6.03 Å². The normalized spacial score (nSPS) is 15.2. The summed E-state index contributed by atoms with van der Waals surface area (Å²) in [5.74, 6) is 0.0371. The number of unbranched alkanes of at least 4 members (excludes halogenated alkanes) is 1. The molecular formula is C29H29N7O3. The third-order valence-corrected chi connectivity index (χ3v) is 7.33. The highest BCUT2D eigenvalue weighted by molar-refractivity contribution is 6.21. The van der Waals surface area contributed by atoms with Gasteiger partial charge in [-0.15, -0.1) is 0 Å². The lowest BCUT2D eigenvalue weighted by atomic mass is 10.1. The summed E-state index contributed by atoms with van der Waals surface area (Å²) >= 11 is 0. The number of nitrogens with zero attached hydrogens (tertiary/aromatic N) is 5. The number of amides is 4. The lowest BCUT2D eigenvalue weighted by Gasteiger charge is -2.13. The zero-order valence-corrected chi connectivity index (χ0v) is 21.5. The molecule has 1 fully saturated rings. The first-order chi connectivity index (χ1) is 19.0. The van der Waals surface area contributed by atoms with Crippen molar-refractivity contribution in [2.45, 2.75) is 51.1 Å². The molecule has 1 aromatic carbocycles. The number of benzene rings is 1. The van der Waals surface area contributed by atoms with E-state index >= 15 is 0 Å². The van der Waals surface area contributed by atoms with Gasteiger partial charge in [0.05, 0.1) is 28.4 Å². The Morgan fingerprint density at radius 1 is 0.897 bits per heavy atom. The Morgan fingerprint density at radius 3 is 2.41 bits per heavy atom. The quantitative estimate of drug-likeness (QED) is 0.256. The van der Waals surface area contributed by atoms with Gasteiger partial charge in [0, 0.05) is 42.7 Å². The van der Waals surface area contributed by atoms with Gasteiger partial charge in [0.2, 0.25) is 0 Å². The SMILES string of the molecule is O=C(Nc1ccc2ncc(-c3cnn(CCCCN4C(=O)c5ccccc5C4=O)c3)cc2n1)NC1CCCC1. The lowest BCUT2D eigenvalue weighted by Crippen LogP contribution is -2.36. The van der Waals surface area contributed by atoms with Gasteiger partial charge in [0.1, 0.15) is 5.82 Å². The summed E-state index contributed by atoms with van der Waals surface area (Å²) in [7, 11) is 0. The highest BCUT2D eigenvalue weighted by Gasteiger charge is 2.34. The molecule has 10 nitrogen and oxygen atoms in total. The van der Waals surface area contributed by atoms with Crippen LogP contribution in [0.4, 0.5) is 10.6 Å². The summed E-state index contributed by atoms with van der Waals surface area (Å²) in [6.07, 6.45) is 11.3. The van der Waals surface area contributed by atoms with E-state index < -0.39 is 0 Å². The first-order valence-electron chi connectivity index (χ1n) is 13.4. The molecule has 1 saturated carbocycles. The first-order valence-corrected chi connectivity index (χ1v) is 13.4. The molecule has 39 heavy (non-hydrogen) atoms. The minimum Gasteiger partial charge on any atom is -0.335 e. The average molecular weight is 524 g/mol. The van der Waals surface area contributed by atoms with Gasteiger partial charge in [0.15, 0.2) is 0 Å². The molecule has 0 unspecified atom stereocenters. The van der Waals surface area contributed by atoms with E-state index in [-0.39, 0.29) is 23.9 Å².